The Labute approximate surface area is 193 Å². The number of carbonyl (C=O) groups excluding carboxylic acids is 1. The van der Waals surface area contributed by atoms with Gasteiger partial charge >= 0.3 is 0 Å². The summed E-state index contributed by atoms with van der Waals surface area (Å²) in [6.07, 6.45) is 2.78. The zero-order chi connectivity index (χ0) is 23.1. The number of hydrogen-bond donors (Lipinski definition) is 1. The highest BCUT2D eigenvalue weighted by Gasteiger charge is 2.18. The first kappa shape index (κ1) is 23.4. The van der Waals surface area contributed by atoms with Crippen molar-refractivity contribution >= 4 is 38.9 Å². The Morgan fingerprint density at radius 1 is 1.09 bits per heavy atom. The second-order valence-electron chi connectivity index (χ2n) is 7.02. The lowest BCUT2D eigenvalue weighted by Gasteiger charge is -2.23. The summed E-state index contributed by atoms with van der Waals surface area (Å²) in [5, 5.41) is 3.39. The molecule has 6 nitrogen and oxygen atoms in total. The fourth-order valence-corrected chi connectivity index (χ4v) is 3.97. The van der Waals surface area contributed by atoms with Crippen molar-refractivity contribution in [3.8, 4) is 5.75 Å². The van der Waals surface area contributed by atoms with Crippen LogP contribution in [0, 0.1) is 0 Å². The Balaban J connectivity index is 1.75. The number of amides is 1. The Kier molecular flexibility index (Phi) is 7.56. The van der Waals surface area contributed by atoms with Gasteiger partial charge in [0.1, 0.15) is 12.4 Å². The van der Waals surface area contributed by atoms with E-state index in [1.54, 1.807) is 78.9 Å². The summed E-state index contributed by atoms with van der Waals surface area (Å²) in [6, 6.07) is 20.4. The number of sulfonamides is 1. The molecule has 0 spiro atoms. The molecule has 0 aromatic heterocycles. The predicted octanol–water partition coefficient (Wildman–Crippen LogP) is 5.12. The maximum atomic E-state index is 12.6. The highest BCUT2D eigenvalue weighted by molar-refractivity contribution is 7.92. The van der Waals surface area contributed by atoms with Gasteiger partial charge < -0.3 is 10.1 Å². The molecule has 1 amide bonds. The molecule has 0 heterocycles. The van der Waals surface area contributed by atoms with Crippen LogP contribution in [-0.2, 0) is 16.6 Å². The minimum Gasteiger partial charge on any atom is -0.489 e. The van der Waals surface area contributed by atoms with Crippen molar-refractivity contribution in [1.29, 1.82) is 0 Å². The molecule has 0 atom stereocenters. The number of rotatable bonds is 9. The van der Waals surface area contributed by atoms with Crippen molar-refractivity contribution in [2.45, 2.75) is 6.54 Å². The molecule has 3 rings (SSSR count). The number of carbonyl (C=O) groups is 1. The lowest BCUT2D eigenvalue weighted by molar-refractivity contribution is 0.102. The molecular formula is C24H23ClN2O4S. The van der Waals surface area contributed by atoms with Gasteiger partial charge in [-0.2, -0.15) is 0 Å². The van der Waals surface area contributed by atoms with Gasteiger partial charge in [0.2, 0.25) is 10.0 Å². The minimum absolute atomic E-state index is 0.152. The van der Waals surface area contributed by atoms with E-state index in [1.165, 1.54) is 4.31 Å². The van der Waals surface area contributed by atoms with Crippen molar-refractivity contribution in [3.05, 3.63) is 102 Å². The van der Waals surface area contributed by atoms with Gasteiger partial charge in [-0.25, -0.2) is 8.42 Å². The zero-order valence-electron chi connectivity index (χ0n) is 17.5. The molecule has 0 aliphatic rings. The third-order valence-electron chi connectivity index (χ3n) is 4.52. The van der Waals surface area contributed by atoms with Crippen LogP contribution in [0.1, 0.15) is 15.9 Å². The summed E-state index contributed by atoms with van der Waals surface area (Å²) >= 11 is 5.91. The largest absolute Gasteiger partial charge is 0.489 e. The summed E-state index contributed by atoms with van der Waals surface area (Å²) in [4.78, 5) is 12.6. The Morgan fingerprint density at radius 2 is 1.78 bits per heavy atom. The van der Waals surface area contributed by atoms with Crippen molar-refractivity contribution < 1.29 is 17.9 Å². The summed E-state index contributed by atoms with van der Waals surface area (Å²) in [5.74, 6) is 0.296. The van der Waals surface area contributed by atoms with Crippen LogP contribution in [0.4, 0.5) is 11.4 Å². The quantitative estimate of drug-likeness (QED) is 0.440. The van der Waals surface area contributed by atoms with Crippen LogP contribution < -0.4 is 14.4 Å². The molecule has 3 aromatic carbocycles. The average Bonchev–Trinajstić information content (AvgIpc) is 2.77. The summed E-state index contributed by atoms with van der Waals surface area (Å²) in [6.45, 7) is 4.12. The Morgan fingerprint density at radius 3 is 2.41 bits per heavy atom. The third kappa shape index (κ3) is 6.35. The van der Waals surface area contributed by atoms with E-state index in [0.29, 0.717) is 34.3 Å². The van der Waals surface area contributed by atoms with E-state index in [-0.39, 0.29) is 12.5 Å². The number of ether oxygens (including phenoxy) is 1. The molecular weight excluding hydrogens is 448 g/mol. The predicted molar refractivity (Wildman–Crippen MR) is 129 cm³/mol. The van der Waals surface area contributed by atoms with Crippen LogP contribution >= 0.6 is 11.6 Å². The molecule has 0 saturated heterocycles. The molecule has 0 aliphatic carbocycles. The fraction of sp³-hybridized carbons (Fsp3) is 0.125. The van der Waals surface area contributed by atoms with Gasteiger partial charge in [-0.15, -0.1) is 0 Å². The van der Waals surface area contributed by atoms with Gasteiger partial charge in [0.25, 0.3) is 5.91 Å². The van der Waals surface area contributed by atoms with Crippen LogP contribution in [0.15, 0.2) is 85.5 Å². The highest BCUT2D eigenvalue weighted by atomic mass is 35.5. The second-order valence-corrected chi connectivity index (χ2v) is 9.37. The highest BCUT2D eigenvalue weighted by Crippen LogP contribution is 2.23. The maximum absolute atomic E-state index is 12.6. The van der Waals surface area contributed by atoms with Crippen LogP contribution in [0.5, 0.6) is 5.75 Å². The van der Waals surface area contributed by atoms with Gasteiger partial charge in [0.15, 0.2) is 0 Å². The van der Waals surface area contributed by atoms with Crippen LogP contribution in [0.3, 0.4) is 0 Å². The van der Waals surface area contributed by atoms with E-state index in [0.717, 1.165) is 11.8 Å². The normalized spacial score (nSPS) is 10.9. The second kappa shape index (κ2) is 10.3. The number of anilines is 2. The maximum Gasteiger partial charge on any atom is 0.255 e. The van der Waals surface area contributed by atoms with E-state index in [4.69, 9.17) is 16.3 Å². The Hall–Kier alpha value is -3.29. The summed E-state index contributed by atoms with van der Waals surface area (Å²) in [5.41, 5.74) is 2.23. The number of nitrogens with zero attached hydrogens (tertiary/aromatic N) is 1. The number of benzene rings is 3. The fourth-order valence-electron chi connectivity index (χ4n) is 2.96. The van der Waals surface area contributed by atoms with Crippen molar-refractivity contribution in [3.63, 3.8) is 0 Å². The SMILES string of the molecule is C=CCOc1cccc(NC(=O)c2ccc(N(Cc3ccc(Cl)cc3)S(C)(=O)=O)cc2)c1. The van der Waals surface area contributed by atoms with E-state index >= 15 is 0 Å². The van der Waals surface area contributed by atoms with Crippen LogP contribution in [-0.4, -0.2) is 27.2 Å². The molecule has 166 valence electrons. The van der Waals surface area contributed by atoms with Gasteiger partial charge in [0.05, 0.1) is 18.5 Å². The molecule has 1 N–H and O–H groups in total. The van der Waals surface area contributed by atoms with E-state index in [9.17, 15) is 13.2 Å². The molecule has 32 heavy (non-hydrogen) atoms. The van der Waals surface area contributed by atoms with E-state index in [2.05, 4.69) is 11.9 Å². The smallest absolute Gasteiger partial charge is 0.255 e. The molecule has 0 bridgehead atoms. The van der Waals surface area contributed by atoms with Crippen molar-refractivity contribution in [2.24, 2.45) is 0 Å². The van der Waals surface area contributed by atoms with E-state index in [1.807, 2.05) is 0 Å². The van der Waals surface area contributed by atoms with E-state index < -0.39 is 10.0 Å². The van der Waals surface area contributed by atoms with Gasteiger partial charge in [0, 0.05) is 22.3 Å². The first-order chi connectivity index (χ1) is 15.3. The molecule has 3 aromatic rings. The monoisotopic (exact) mass is 470 g/mol. The number of halogens is 1. The molecule has 0 saturated carbocycles. The first-order valence-corrected chi connectivity index (χ1v) is 12.0. The lowest BCUT2D eigenvalue weighted by atomic mass is 10.1. The molecule has 0 fully saturated rings. The van der Waals surface area contributed by atoms with Gasteiger partial charge in [-0.3, -0.25) is 9.10 Å². The molecule has 8 heteroatoms. The van der Waals surface area contributed by atoms with Crippen LogP contribution in [0.25, 0.3) is 0 Å². The van der Waals surface area contributed by atoms with Gasteiger partial charge in [-0.05, 0) is 54.1 Å². The number of hydrogen-bond acceptors (Lipinski definition) is 4. The average molecular weight is 471 g/mol. The topological polar surface area (TPSA) is 75.7 Å². The standard InChI is InChI=1S/C24H23ClN2O4S/c1-3-15-31-23-6-4-5-21(16-23)26-24(28)19-9-13-22(14-10-19)27(32(2,29)30)17-18-7-11-20(25)12-8-18/h3-14,16H,1,15,17H2,2H3,(H,26,28). The van der Waals surface area contributed by atoms with Crippen molar-refractivity contribution in [1.82, 2.24) is 0 Å². The number of nitrogens with one attached hydrogen (secondary N) is 1. The zero-order valence-corrected chi connectivity index (χ0v) is 19.1. The lowest BCUT2D eigenvalue weighted by Crippen LogP contribution is -2.29. The van der Waals surface area contributed by atoms with Crippen LogP contribution in [0.2, 0.25) is 5.02 Å². The molecule has 0 radical (unpaired) electrons. The third-order valence-corrected chi connectivity index (χ3v) is 5.91. The van der Waals surface area contributed by atoms with Crippen molar-refractivity contribution in [2.75, 3.05) is 22.5 Å². The van der Waals surface area contributed by atoms with Gasteiger partial charge in [-0.1, -0.05) is 42.5 Å². The molecule has 0 aliphatic heterocycles. The first-order valence-electron chi connectivity index (χ1n) is 9.73. The summed E-state index contributed by atoms with van der Waals surface area (Å²) < 4.78 is 31.5. The summed E-state index contributed by atoms with van der Waals surface area (Å²) in [7, 11) is -3.54. The Bertz CT molecular complexity index is 1190. The molecule has 0 unspecified atom stereocenters. The minimum atomic E-state index is -3.54.